The van der Waals surface area contributed by atoms with Crippen molar-refractivity contribution in [3.63, 3.8) is 0 Å². The molecule has 0 aliphatic rings. The smallest absolute Gasteiger partial charge is 0.387 e. The molecule has 0 aliphatic carbocycles. The molecule has 0 bridgehead atoms. The van der Waals surface area contributed by atoms with Gasteiger partial charge in [0.1, 0.15) is 11.8 Å². The third-order valence-electron chi connectivity index (χ3n) is 4.15. The van der Waals surface area contributed by atoms with Gasteiger partial charge in [0.05, 0.1) is 24.0 Å². The number of aryl methyl sites for hydroxylation is 1. The van der Waals surface area contributed by atoms with Gasteiger partial charge in [0.15, 0.2) is 11.6 Å². The number of alkyl halides is 2. The molecule has 28 heavy (non-hydrogen) atoms. The molecule has 0 atom stereocenters. The fourth-order valence-electron chi connectivity index (χ4n) is 2.86. The first-order valence-corrected chi connectivity index (χ1v) is 8.33. The number of aromatic nitrogens is 5. The van der Waals surface area contributed by atoms with Crippen molar-refractivity contribution in [2.45, 2.75) is 20.1 Å². The van der Waals surface area contributed by atoms with Gasteiger partial charge in [0.25, 0.3) is 0 Å². The Morgan fingerprint density at radius 1 is 1.04 bits per heavy atom. The minimum absolute atomic E-state index is 0.418. The molecule has 4 rings (SSSR count). The highest BCUT2D eigenvalue weighted by molar-refractivity contribution is 5.80. The van der Waals surface area contributed by atoms with Crippen LogP contribution in [0.1, 0.15) is 11.4 Å². The molecule has 0 fully saturated rings. The normalized spacial score (nSPS) is 11.3. The minimum atomic E-state index is -3.11. The van der Waals surface area contributed by atoms with Crippen LogP contribution in [-0.4, -0.2) is 31.3 Å². The lowest BCUT2D eigenvalue weighted by molar-refractivity contribution is -0.0521. The monoisotopic (exact) mass is 385 g/mol. The van der Waals surface area contributed by atoms with Crippen LogP contribution in [-0.2, 0) is 6.54 Å². The molecule has 6 nitrogen and oxygen atoms in total. The first kappa shape index (κ1) is 17.9. The van der Waals surface area contributed by atoms with Gasteiger partial charge in [-0.15, -0.1) is 0 Å². The average Bonchev–Trinajstić information content (AvgIpc) is 3.05. The number of ether oxygens (including phenoxy) is 1. The summed E-state index contributed by atoms with van der Waals surface area (Å²) in [6.45, 7) is -0.816. The Morgan fingerprint density at radius 3 is 2.68 bits per heavy atom. The van der Waals surface area contributed by atoms with Crippen molar-refractivity contribution in [3.05, 3.63) is 66.3 Å². The summed E-state index contributed by atoms with van der Waals surface area (Å²) < 4.78 is 44.6. The molecule has 142 valence electrons. The molecule has 4 aromatic rings. The molecule has 0 saturated heterocycles. The van der Waals surface area contributed by atoms with E-state index in [4.69, 9.17) is 0 Å². The first-order valence-electron chi connectivity index (χ1n) is 8.33. The van der Waals surface area contributed by atoms with Gasteiger partial charge in [-0.05, 0) is 36.8 Å². The van der Waals surface area contributed by atoms with E-state index < -0.39 is 18.2 Å². The van der Waals surface area contributed by atoms with E-state index in [1.54, 1.807) is 17.1 Å². The summed E-state index contributed by atoms with van der Waals surface area (Å²) in [5.74, 6) is -1.38. The van der Waals surface area contributed by atoms with Crippen LogP contribution < -0.4 is 4.74 Å². The van der Waals surface area contributed by atoms with Gasteiger partial charge in [-0.1, -0.05) is 6.07 Å². The molecular formula is C19H14F3N5O. The molecule has 1 aromatic carbocycles. The Hall–Kier alpha value is -3.49. The number of benzene rings is 1. The zero-order valence-corrected chi connectivity index (χ0v) is 14.7. The number of hydrogen-bond donors (Lipinski definition) is 0. The van der Waals surface area contributed by atoms with E-state index >= 15 is 0 Å². The van der Waals surface area contributed by atoms with E-state index in [0.717, 1.165) is 23.0 Å². The van der Waals surface area contributed by atoms with Crippen LogP contribution in [0.15, 0.2) is 49.1 Å². The van der Waals surface area contributed by atoms with Gasteiger partial charge >= 0.3 is 6.61 Å². The van der Waals surface area contributed by atoms with Gasteiger partial charge < -0.3 is 4.74 Å². The standard InChI is InChI=1S/C19H14F3N5O/c1-11-4-14(25-10-24-11)9-27-17-5-13(7-23-16(17)8-26-27)12-2-3-15(20)18(6-12)28-19(21)22/h2-8,10,19H,9H2,1H3. The van der Waals surface area contributed by atoms with E-state index in [9.17, 15) is 13.2 Å². The SMILES string of the molecule is Cc1cc(Cn2ncc3ncc(-c4ccc(F)c(OC(F)F)c4)cc32)ncn1. The van der Waals surface area contributed by atoms with Gasteiger partial charge in [-0.25, -0.2) is 14.4 Å². The maximum Gasteiger partial charge on any atom is 0.387 e. The molecule has 9 heteroatoms. The van der Waals surface area contributed by atoms with Crippen molar-refractivity contribution in [2.24, 2.45) is 0 Å². The van der Waals surface area contributed by atoms with Crippen molar-refractivity contribution in [3.8, 4) is 16.9 Å². The summed E-state index contributed by atoms with van der Waals surface area (Å²) in [7, 11) is 0. The van der Waals surface area contributed by atoms with Gasteiger partial charge in [-0.3, -0.25) is 9.67 Å². The minimum Gasteiger partial charge on any atom is -0.432 e. The molecular weight excluding hydrogens is 371 g/mol. The zero-order chi connectivity index (χ0) is 19.7. The predicted molar refractivity (Wildman–Crippen MR) is 95.4 cm³/mol. The van der Waals surface area contributed by atoms with Crippen molar-refractivity contribution < 1.29 is 17.9 Å². The van der Waals surface area contributed by atoms with Crippen molar-refractivity contribution in [1.82, 2.24) is 24.7 Å². The molecule has 0 saturated carbocycles. The second-order valence-electron chi connectivity index (χ2n) is 6.11. The first-order chi connectivity index (χ1) is 13.5. The molecule has 0 aliphatic heterocycles. The second kappa shape index (κ2) is 7.26. The van der Waals surface area contributed by atoms with Gasteiger partial charge in [0.2, 0.25) is 0 Å². The second-order valence-corrected chi connectivity index (χ2v) is 6.11. The third-order valence-corrected chi connectivity index (χ3v) is 4.15. The molecule has 0 unspecified atom stereocenters. The number of rotatable bonds is 5. The van der Waals surface area contributed by atoms with Crippen LogP contribution in [0.3, 0.4) is 0 Å². The van der Waals surface area contributed by atoms with Crippen LogP contribution in [0.2, 0.25) is 0 Å². The van der Waals surface area contributed by atoms with Crippen LogP contribution in [0, 0.1) is 12.7 Å². The lowest BCUT2D eigenvalue weighted by atomic mass is 10.1. The van der Waals surface area contributed by atoms with E-state index in [2.05, 4.69) is 24.8 Å². The molecule has 3 heterocycles. The lowest BCUT2D eigenvalue weighted by Gasteiger charge is -2.09. The number of hydrogen-bond acceptors (Lipinski definition) is 5. The summed E-state index contributed by atoms with van der Waals surface area (Å²) in [6, 6.07) is 7.45. The van der Waals surface area contributed by atoms with E-state index in [1.807, 2.05) is 19.1 Å². The maximum atomic E-state index is 13.7. The van der Waals surface area contributed by atoms with Crippen molar-refractivity contribution in [1.29, 1.82) is 0 Å². The fourth-order valence-corrected chi connectivity index (χ4v) is 2.86. The molecule has 0 radical (unpaired) electrons. The highest BCUT2D eigenvalue weighted by atomic mass is 19.3. The maximum absolute atomic E-state index is 13.7. The van der Waals surface area contributed by atoms with Gasteiger partial charge in [0, 0.05) is 17.5 Å². The lowest BCUT2D eigenvalue weighted by Crippen LogP contribution is -2.04. The van der Waals surface area contributed by atoms with Crippen LogP contribution in [0.5, 0.6) is 5.75 Å². The molecule has 0 N–H and O–H groups in total. The molecule has 3 aromatic heterocycles. The highest BCUT2D eigenvalue weighted by Gasteiger charge is 2.13. The summed E-state index contributed by atoms with van der Waals surface area (Å²) in [5.41, 5.74) is 4.15. The molecule has 0 spiro atoms. The fraction of sp³-hybridized carbons (Fsp3) is 0.158. The van der Waals surface area contributed by atoms with Crippen LogP contribution in [0.4, 0.5) is 13.2 Å². The Balaban J connectivity index is 1.72. The Bertz CT molecular complexity index is 1150. The highest BCUT2D eigenvalue weighted by Crippen LogP contribution is 2.29. The number of fused-ring (bicyclic) bond motifs is 1. The Labute approximate surface area is 157 Å². The van der Waals surface area contributed by atoms with E-state index in [1.165, 1.54) is 18.5 Å². The third kappa shape index (κ3) is 3.64. The van der Waals surface area contributed by atoms with Gasteiger partial charge in [-0.2, -0.15) is 13.9 Å². The summed E-state index contributed by atoms with van der Waals surface area (Å²) >= 11 is 0. The quantitative estimate of drug-likeness (QED) is 0.520. The summed E-state index contributed by atoms with van der Waals surface area (Å²) in [5, 5.41) is 4.34. The van der Waals surface area contributed by atoms with Crippen molar-refractivity contribution >= 4 is 11.0 Å². The topological polar surface area (TPSA) is 65.7 Å². The van der Waals surface area contributed by atoms with Crippen LogP contribution >= 0.6 is 0 Å². The Morgan fingerprint density at radius 2 is 1.89 bits per heavy atom. The van der Waals surface area contributed by atoms with E-state index in [0.29, 0.717) is 23.2 Å². The van der Waals surface area contributed by atoms with Crippen LogP contribution in [0.25, 0.3) is 22.2 Å². The molecule has 0 amide bonds. The predicted octanol–water partition coefficient (Wildman–Crippen LogP) is 3.99. The Kier molecular flexibility index (Phi) is 4.64. The summed E-state index contributed by atoms with van der Waals surface area (Å²) in [6.07, 6.45) is 4.69. The average molecular weight is 385 g/mol. The number of pyridine rings is 1. The zero-order valence-electron chi connectivity index (χ0n) is 14.7. The van der Waals surface area contributed by atoms with E-state index in [-0.39, 0.29) is 0 Å². The summed E-state index contributed by atoms with van der Waals surface area (Å²) in [4.78, 5) is 12.7. The number of halogens is 3. The largest absolute Gasteiger partial charge is 0.432 e. The number of nitrogens with zero attached hydrogens (tertiary/aromatic N) is 5. The van der Waals surface area contributed by atoms with Crippen molar-refractivity contribution in [2.75, 3.05) is 0 Å².